The average molecular weight is 934 g/mol. The third-order valence-corrected chi connectivity index (χ3v) is 22.6. The number of benzene rings is 1. The van der Waals surface area contributed by atoms with E-state index in [1.807, 2.05) is 26.0 Å². The first-order chi connectivity index (χ1) is 30.3. The number of hydrogen-bond donors (Lipinski definition) is 3. The van der Waals surface area contributed by atoms with Crippen LogP contribution >= 0.6 is 0 Å². The van der Waals surface area contributed by atoms with Gasteiger partial charge in [0.05, 0.1) is 17.4 Å². The fraction of sp³-hybridized carbons (Fsp3) is 0.750. The Morgan fingerprint density at radius 1 is 0.846 bits per heavy atom. The molecule has 1 aromatic carbocycles. The quantitative estimate of drug-likeness (QED) is 0.207. The van der Waals surface area contributed by atoms with Gasteiger partial charge in [-0.3, -0.25) is 24.0 Å². The number of esters is 1. The maximum absolute atomic E-state index is 14.6. The molecular weight excluding hydrogens is 859 g/mol. The van der Waals surface area contributed by atoms with E-state index in [-0.39, 0.29) is 79.0 Å². The molecule has 2 amide bonds. The molecule has 7 aliphatic rings. The number of carbonyl (C=O) groups excluding carboxylic acids is 4. The summed E-state index contributed by atoms with van der Waals surface area (Å²) in [4.78, 5) is 70.4. The van der Waals surface area contributed by atoms with Crippen LogP contribution in [-0.4, -0.2) is 80.6 Å². The molecule has 1 saturated heterocycles. The minimum absolute atomic E-state index is 0.00441. The first-order valence-corrected chi connectivity index (χ1v) is 27.3. The molecule has 5 saturated carbocycles. The Bertz CT molecular complexity index is 2250. The minimum atomic E-state index is -1.26. The fourth-order valence-corrected chi connectivity index (χ4v) is 17.5. The number of allylic oxidation sites excluding steroid dienone is 1. The van der Waals surface area contributed by atoms with E-state index in [1.165, 1.54) is 0 Å². The molecule has 0 bridgehead atoms. The highest BCUT2D eigenvalue weighted by Gasteiger charge is 2.71. The Labute approximate surface area is 392 Å². The highest BCUT2D eigenvalue weighted by molar-refractivity contribution is 8.31. The SMILES string of the molecule is CC(C)C1=C2[C@H]3CC[C@H]4[C@]5(C)CC[C@H](OC(=O)[C@H]6C[C@@H](C(=O)O)C6(C)C)C(C)(C)[C@H]5CC[C@]4(C)[C@@]3(C)CC[C@]2(NC(=O)C(C)(C)NC(=O)c2ccc(N3CCS(=S=O)CC3)cc2)CC1=O. The molecule has 0 radical (unpaired) electrons. The van der Waals surface area contributed by atoms with Crippen molar-refractivity contribution in [1.82, 2.24) is 10.6 Å². The van der Waals surface area contributed by atoms with Crippen LogP contribution in [0.15, 0.2) is 35.4 Å². The van der Waals surface area contributed by atoms with Crippen LogP contribution in [0.5, 0.6) is 0 Å². The Morgan fingerprint density at radius 3 is 2.11 bits per heavy atom. The van der Waals surface area contributed by atoms with Gasteiger partial charge in [0.15, 0.2) is 5.78 Å². The molecule has 13 heteroatoms. The molecule has 8 rings (SSSR count). The Kier molecular flexibility index (Phi) is 12.2. The van der Waals surface area contributed by atoms with Crippen molar-refractivity contribution in [3.8, 4) is 0 Å². The molecule has 0 unspecified atom stereocenters. The van der Waals surface area contributed by atoms with Gasteiger partial charge in [0.2, 0.25) is 5.91 Å². The number of hydrogen-bond acceptors (Lipinski definition) is 8. The van der Waals surface area contributed by atoms with E-state index < -0.39 is 34.3 Å². The van der Waals surface area contributed by atoms with Crippen molar-refractivity contribution in [1.29, 1.82) is 0 Å². The van der Waals surface area contributed by atoms with E-state index in [0.717, 1.165) is 86.4 Å². The molecule has 65 heavy (non-hydrogen) atoms. The van der Waals surface area contributed by atoms with Crippen molar-refractivity contribution in [3.63, 3.8) is 0 Å². The standard InChI is InChI=1S/C52H75N3O8S2/c1-30(2)40-36(56)29-52(54-45(61)48(7,8)53-42(57)31-12-14-32(15-13-31)55-24-26-65(64-62)27-25-55)23-22-50(10)33(41(40)52)16-17-38-49(9)20-19-39(47(5,6)37(49)18-21-51(38,50)11)63-44(60)35-28-34(43(58)59)46(35,3)4/h12-15,30,33-35,37-39H,16-29H2,1-11H3,(H,53,57)(H,54,61)(H,58,59)/t33-,34+,35-,37-,38+,39+,49-,50+,51+,52+/m1/s1. The lowest BCUT2D eigenvalue weighted by atomic mass is 9.33. The second-order valence-electron chi connectivity index (χ2n) is 24.0. The van der Waals surface area contributed by atoms with E-state index in [1.54, 1.807) is 26.0 Å². The first-order valence-electron chi connectivity index (χ1n) is 24.5. The molecule has 1 heterocycles. The Hall–Kier alpha value is -3.32. The predicted molar refractivity (Wildman–Crippen MR) is 256 cm³/mol. The summed E-state index contributed by atoms with van der Waals surface area (Å²) in [6, 6.07) is 7.46. The number of nitrogens with zero attached hydrogens (tertiary/aromatic N) is 1. The normalized spacial score (nSPS) is 37.5. The van der Waals surface area contributed by atoms with Crippen LogP contribution in [0.2, 0.25) is 0 Å². The number of carboxylic acids is 1. The number of anilines is 1. The summed E-state index contributed by atoms with van der Waals surface area (Å²) in [5.41, 5.74) is 0.393. The number of carbonyl (C=O) groups is 5. The number of amides is 2. The zero-order valence-electron chi connectivity index (χ0n) is 40.8. The van der Waals surface area contributed by atoms with Gasteiger partial charge in [0.1, 0.15) is 21.9 Å². The van der Waals surface area contributed by atoms with Crippen LogP contribution in [0.25, 0.3) is 0 Å². The van der Waals surface area contributed by atoms with Crippen LogP contribution in [0, 0.1) is 62.6 Å². The zero-order chi connectivity index (χ0) is 47.4. The van der Waals surface area contributed by atoms with Crippen LogP contribution in [0.3, 0.4) is 0 Å². The van der Waals surface area contributed by atoms with E-state index in [2.05, 4.69) is 64.0 Å². The van der Waals surface area contributed by atoms with Gasteiger partial charge >= 0.3 is 11.9 Å². The molecular formula is C52H75N3O8S2. The molecule has 1 aliphatic heterocycles. The maximum Gasteiger partial charge on any atom is 0.309 e. The zero-order valence-corrected chi connectivity index (χ0v) is 42.5. The monoisotopic (exact) mass is 933 g/mol. The number of rotatable bonds is 9. The molecule has 6 fully saturated rings. The number of nitrogens with one attached hydrogen (secondary N) is 2. The summed E-state index contributed by atoms with van der Waals surface area (Å²) in [6.07, 6.45) is 7.60. The van der Waals surface area contributed by atoms with Crippen molar-refractivity contribution in [2.24, 2.45) is 62.6 Å². The molecule has 6 aliphatic carbocycles. The topological polar surface area (TPSA) is 159 Å². The number of fused-ring (bicyclic) bond motifs is 7. The van der Waals surface area contributed by atoms with Crippen LogP contribution in [0.1, 0.15) is 151 Å². The lowest BCUT2D eigenvalue weighted by molar-refractivity contribution is -0.235. The van der Waals surface area contributed by atoms with Crippen molar-refractivity contribution >= 4 is 54.9 Å². The smallest absolute Gasteiger partial charge is 0.309 e. The third-order valence-electron chi connectivity index (χ3n) is 19.6. The predicted octanol–water partition coefficient (Wildman–Crippen LogP) is 8.27. The molecule has 358 valence electrons. The minimum Gasteiger partial charge on any atom is -0.481 e. The van der Waals surface area contributed by atoms with Gasteiger partial charge in [-0.25, -0.2) is 4.21 Å². The van der Waals surface area contributed by atoms with Crippen molar-refractivity contribution < 1.29 is 38.0 Å². The molecule has 3 N–H and O–H groups in total. The number of ketones is 1. The largest absolute Gasteiger partial charge is 0.481 e. The first kappa shape index (κ1) is 48.1. The number of carboxylic acid groups (broad SMARTS) is 1. The van der Waals surface area contributed by atoms with Crippen molar-refractivity contribution in [2.75, 3.05) is 29.5 Å². The van der Waals surface area contributed by atoms with E-state index >= 15 is 0 Å². The second-order valence-corrected chi connectivity index (χ2v) is 27.7. The Morgan fingerprint density at radius 2 is 1.51 bits per heavy atom. The molecule has 0 spiro atoms. The van der Waals surface area contributed by atoms with Gasteiger partial charge < -0.3 is 25.4 Å². The van der Waals surface area contributed by atoms with Gasteiger partial charge in [-0.15, -0.1) is 0 Å². The van der Waals surface area contributed by atoms with Crippen LogP contribution < -0.4 is 15.5 Å². The van der Waals surface area contributed by atoms with E-state index in [0.29, 0.717) is 40.5 Å². The summed E-state index contributed by atoms with van der Waals surface area (Å²) in [5, 5.41) is 16.2. The van der Waals surface area contributed by atoms with E-state index in [9.17, 15) is 33.3 Å². The second kappa shape index (κ2) is 16.4. The third kappa shape index (κ3) is 7.52. The molecule has 0 aromatic heterocycles. The van der Waals surface area contributed by atoms with Gasteiger partial charge in [0, 0.05) is 47.7 Å². The van der Waals surface area contributed by atoms with Crippen molar-refractivity contribution in [3.05, 3.63) is 41.0 Å². The lowest BCUT2D eigenvalue weighted by Gasteiger charge is -2.72. The molecule has 1 aromatic rings. The molecule has 10 atom stereocenters. The Balaban J connectivity index is 0.994. The number of aliphatic carboxylic acids is 1. The lowest BCUT2D eigenvalue weighted by Crippen LogP contribution is -2.68. The van der Waals surface area contributed by atoms with Crippen molar-refractivity contribution in [2.45, 2.75) is 158 Å². The van der Waals surface area contributed by atoms with Crippen LogP contribution in [-0.2, 0) is 43.6 Å². The summed E-state index contributed by atoms with van der Waals surface area (Å²) >= 11 is 0. The highest BCUT2D eigenvalue weighted by atomic mass is 32.8. The summed E-state index contributed by atoms with van der Waals surface area (Å²) in [5.74, 6) is 0.0667. The summed E-state index contributed by atoms with van der Waals surface area (Å²) in [7, 11) is 0.583. The van der Waals surface area contributed by atoms with Crippen LogP contribution in [0.4, 0.5) is 5.69 Å². The number of Topliss-reactive ketones (excluding diaryl/α,β-unsaturated/α-hetero) is 1. The molecule has 11 nitrogen and oxygen atoms in total. The van der Waals surface area contributed by atoms with Gasteiger partial charge in [-0.1, -0.05) is 71.8 Å². The summed E-state index contributed by atoms with van der Waals surface area (Å²) < 4.78 is 17.7. The van der Waals surface area contributed by atoms with Gasteiger partial charge in [-0.05, 0) is 152 Å². The maximum atomic E-state index is 14.6. The number of ether oxygens (including phenoxy) is 1. The van der Waals surface area contributed by atoms with Gasteiger partial charge in [0.25, 0.3) is 5.91 Å². The summed E-state index contributed by atoms with van der Waals surface area (Å²) in [6.45, 7) is 25.2. The highest BCUT2D eigenvalue weighted by Crippen LogP contribution is 2.76. The average Bonchev–Trinajstić information content (AvgIpc) is 3.53. The fourth-order valence-electron chi connectivity index (χ4n) is 15.5. The van der Waals surface area contributed by atoms with E-state index in [4.69, 9.17) is 4.74 Å². The van der Waals surface area contributed by atoms with Gasteiger partial charge in [-0.2, -0.15) is 0 Å².